The summed E-state index contributed by atoms with van der Waals surface area (Å²) in [5.41, 5.74) is 1.85. The third kappa shape index (κ3) is 3.36. The highest BCUT2D eigenvalue weighted by Crippen LogP contribution is 2.20. The van der Waals surface area contributed by atoms with Gasteiger partial charge in [-0.2, -0.15) is 4.52 Å². The molecule has 1 amide bonds. The van der Waals surface area contributed by atoms with Crippen molar-refractivity contribution in [1.82, 2.24) is 24.7 Å². The lowest BCUT2D eigenvalue weighted by molar-refractivity contribution is -0.130. The van der Waals surface area contributed by atoms with Gasteiger partial charge >= 0.3 is 0 Å². The average molecular weight is 400 g/mol. The molecule has 0 unspecified atom stereocenters. The Morgan fingerprint density at radius 3 is 2.57 bits per heavy atom. The molecule has 1 aliphatic heterocycles. The number of anilines is 1. The minimum absolute atomic E-state index is 0.182. The fourth-order valence-corrected chi connectivity index (χ4v) is 4.12. The number of rotatable bonds is 4. The van der Waals surface area contributed by atoms with Crippen molar-refractivity contribution in [2.75, 3.05) is 31.1 Å². The lowest BCUT2D eigenvalue weighted by Gasteiger charge is -2.35. The van der Waals surface area contributed by atoms with E-state index in [9.17, 15) is 4.79 Å². The first-order valence-electron chi connectivity index (χ1n) is 10.4. The maximum atomic E-state index is 12.9. The lowest BCUT2D eigenvalue weighted by atomic mass is 10.0. The Hall–Kier alpha value is -3.48. The van der Waals surface area contributed by atoms with Crippen molar-refractivity contribution >= 4 is 28.1 Å². The Morgan fingerprint density at radius 1 is 0.933 bits per heavy atom. The average Bonchev–Trinajstić information content (AvgIpc) is 3.22. The Labute approximate surface area is 174 Å². The minimum atomic E-state index is 0.182. The van der Waals surface area contributed by atoms with Gasteiger partial charge in [0.25, 0.3) is 0 Å². The maximum absolute atomic E-state index is 12.9. The zero-order chi connectivity index (χ0) is 20.5. The van der Waals surface area contributed by atoms with E-state index in [1.165, 1.54) is 5.39 Å². The molecule has 4 aromatic rings. The molecule has 7 nitrogen and oxygen atoms in total. The standard InChI is InChI=1S/C23H24N6O/c1-2-20-24-25-21-10-11-22(26-29(20)21)27-12-14-28(15-13-27)23(30)16-18-8-5-7-17-6-3-4-9-19(17)18/h3-11H,2,12-16H2,1H3. The van der Waals surface area contributed by atoms with Gasteiger partial charge in [0.2, 0.25) is 5.91 Å². The molecule has 1 fully saturated rings. The Balaban J connectivity index is 1.27. The quantitative estimate of drug-likeness (QED) is 0.527. The van der Waals surface area contributed by atoms with E-state index in [1.54, 1.807) is 0 Å². The van der Waals surface area contributed by atoms with Crippen LogP contribution < -0.4 is 4.90 Å². The summed E-state index contributed by atoms with van der Waals surface area (Å²) in [6.45, 7) is 4.98. The van der Waals surface area contributed by atoms with E-state index < -0.39 is 0 Å². The molecule has 1 aliphatic rings. The summed E-state index contributed by atoms with van der Waals surface area (Å²) < 4.78 is 1.81. The summed E-state index contributed by atoms with van der Waals surface area (Å²) in [6.07, 6.45) is 1.22. The van der Waals surface area contributed by atoms with Crippen molar-refractivity contribution in [2.45, 2.75) is 19.8 Å². The van der Waals surface area contributed by atoms with Crippen LogP contribution in [0.15, 0.2) is 54.6 Å². The molecule has 0 aliphatic carbocycles. The van der Waals surface area contributed by atoms with Crippen molar-refractivity contribution in [3.05, 3.63) is 66.0 Å². The number of hydrogen-bond donors (Lipinski definition) is 0. The van der Waals surface area contributed by atoms with E-state index in [0.717, 1.165) is 47.7 Å². The van der Waals surface area contributed by atoms with Gasteiger partial charge in [-0.3, -0.25) is 4.79 Å². The summed E-state index contributed by atoms with van der Waals surface area (Å²) in [7, 11) is 0. The molecule has 1 saturated heterocycles. The zero-order valence-electron chi connectivity index (χ0n) is 17.0. The van der Waals surface area contributed by atoms with Gasteiger partial charge in [0.05, 0.1) is 6.42 Å². The largest absolute Gasteiger partial charge is 0.352 e. The predicted molar refractivity (Wildman–Crippen MR) is 117 cm³/mol. The van der Waals surface area contributed by atoms with Gasteiger partial charge in [-0.05, 0) is 28.5 Å². The van der Waals surface area contributed by atoms with Gasteiger partial charge in [0.1, 0.15) is 5.82 Å². The molecule has 7 heteroatoms. The van der Waals surface area contributed by atoms with Gasteiger partial charge in [-0.25, -0.2) is 0 Å². The van der Waals surface area contributed by atoms with E-state index in [1.807, 2.05) is 46.7 Å². The number of amides is 1. The van der Waals surface area contributed by atoms with Crippen LogP contribution in [0.2, 0.25) is 0 Å². The number of aromatic nitrogens is 4. The molecule has 30 heavy (non-hydrogen) atoms. The molecule has 3 heterocycles. The van der Waals surface area contributed by atoms with E-state index in [4.69, 9.17) is 5.10 Å². The molecule has 0 atom stereocenters. The highest BCUT2D eigenvalue weighted by Gasteiger charge is 2.23. The van der Waals surface area contributed by atoms with Crippen molar-refractivity contribution in [2.24, 2.45) is 0 Å². The number of carbonyl (C=O) groups excluding carboxylic acids is 1. The van der Waals surface area contributed by atoms with Crippen LogP contribution in [0, 0.1) is 0 Å². The van der Waals surface area contributed by atoms with Gasteiger partial charge in [-0.1, -0.05) is 49.4 Å². The molecule has 0 saturated carbocycles. The number of benzene rings is 2. The summed E-state index contributed by atoms with van der Waals surface area (Å²) in [4.78, 5) is 17.1. The van der Waals surface area contributed by atoms with Gasteiger partial charge in [0.15, 0.2) is 11.5 Å². The fourth-order valence-electron chi connectivity index (χ4n) is 4.12. The number of carbonyl (C=O) groups is 1. The Morgan fingerprint density at radius 2 is 1.73 bits per heavy atom. The predicted octanol–water partition coefficient (Wildman–Crippen LogP) is 2.73. The van der Waals surface area contributed by atoms with Crippen LogP contribution in [-0.4, -0.2) is 56.8 Å². The zero-order valence-corrected chi connectivity index (χ0v) is 17.0. The van der Waals surface area contributed by atoms with Gasteiger partial charge < -0.3 is 9.80 Å². The molecule has 0 spiro atoms. The van der Waals surface area contributed by atoms with Crippen LogP contribution in [-0.2, 0) is 17.6 Å². The van der Waals surface area contributed by atoms with Crippen LogP contribution in [0.1, 0.15) is 18.3 Å². The number of hydrogen-bond acceptors (Lipinski definition) is 5. The summed E-state index contributed by atoms with van der Waals surface area (Å²) in [6, 6.07) is 18.3. The van der Waals surface area contributed by atoms with E-state index in [-0.39, 0.29) is 5.91 Å². The van der Waals surface area contributed by atoms with Crippen molar-refractivity contribution in [3.63, 3.8) is 0 Å². The fraction of sp³-hybridized carbons (Fsp3) is 0.304. The summed E-state index contributed by atoms with van der Waals surface area (Å²) in [5.74, 6) is 1.94. The second-order valence-electron chi connectivity index (χ2n) is 7.61. The number of fused-ring (bicyclic) bond motifs is 2. The Bertz CT molecular complexity index is 1200. The lowest BCUT2D eigenvalue weighted by Crippen LogP contribution is -2.49. The monoisotopic (exact) mass is 400 g/mol. The van der Waals surface area contributed by atoms with E-state index in [0.29, 0.717) is 19.5 Å². The third-order valence-electron chi connectivity index (χ3n) is 5.81. The smallest absolute Gasteiger partial charge is 0.227 e. The molecule has 2 aromatic heterocycles. The number of nitrogens with zero attached hydrogens (tertiary/aromatic N) is 6. The van der Waals surface area contributed by atoms with E-state index >= 15 is 0 Å². The second-order valence-corrected chi connectivity index (χ2v) is 7.61. The minimum Gasteiger partial charge on any atom is -0.352 e. The van der Waals surface area contributed by atoms with Crippen molar-refractivity contribution in [1.29, 1.82) is 0 Å². The molecular weight excluding hydrogens is 376 g/mol. The van der Waals surface area contributed by atoms with Gasteiger partial charge in [0, 0.05) is 32.6 Å². The third-order valence-corrected chi connectivity index (χ3v) is 5.81. The first-order chi connectivity index (χ1) is 14.7. The van der Waals surface area contributed by atoms with Crippen molar-refractivity contribution < 1.29 is 4.79 Å². The highest BCUT2D eigenvalue weighted by molar-refractivity contribution is 5.90. The highest BCUT2D eigenvalue weighted by atomic mass is 16.2. The first kappa shape index (κ1) is 18.5. The van der Waals surface area contributed by atoms with Crippen LogP contribution >= 0.6 is 0 Å². The van der Waals surface area contributed by atoms with Crippen molar-refractivity contribution in [3.8, 4) is 0 Å². The van der Waals surface area contributed by atoms with Crippen LogP contribution in [0.25, 0.3) is 16.4 Å². The molecule has 2 aromatic carbocycles. The number of piperazine rings is 1. The SMILES string of the molecule is CCc1nnc2ccc(N3CCN(C(=O)Cc4cccc5ccccc45)CC3)nn12. The van der Waals surface area contributed by atoms with Crippen LogP contribution in [0.4, 0.5) is 5.82 Å². The summed E-state index contributed by atoms with van der Waals surface area (Å²) in [5, 5.41) is 15.4. The molecule has 5 rings (SSSR count). The Kier molecular flexibility index (Phi) is 4.78. The van der Waals surface area contributed by atoms with Crippen LogP contribution in [0.5, 0.6) is 0 Å². The molecular formula is C23H24N6O. The van der Waals surface area contributed by atoms with Gasteiger partial charge in [-0.15, -0.1) is 15.3 Å². The molecule has 0 N–H and O–H groups in total. The van der Waals surface area contributed by atoms with E-state index in [2.05, 4.69) is 39.4 Å². The molecule has 0 bridgehead atoms. The maximum Gasteiger partial charge on any atom is 0.227 e. The number of aryl methyl sites for hydroxylation is 1. The molecule has 0 radical (unpaired) electrons. The normalized spacial score (nSPS) is 14.6. The second kappa shape index (κ2) is 7.74. The van der Waals surface area contributed by atoms with Crippen LogP contribution in [0.3, 0.4) is 0 Å². The topological polar surface area (TPSA) is 66.6 Å². The first-order valence-corrected chi connectivity index (χ1v) is 10.4. The molecule has 152 valence electrons. The summed E-state index contributed by atoms with van der Waals surface area (Å²) >= 11 is 0.